The number of fused-ring (bicyclic) bond motifs is 3. The SMILES string of the molecule is Cn1cc(-c2ccc3cnc(NC(=O)CC4C5CCC4CC5)cc3c2)cn1. The Labute approximate surface area is 158 Å². The molecule has 5 rings (SSSR count). The molecule has 2 saturated carbocycles. The summed E-state index contributed by atoms with van der Waals surface area (Å²) in [5.74, 6) is 2.87. The molecular formula is C22H24N4O. The summed E-state index contributed by atoms with van der Waals surface area (Å²) in [6.45, 7) is 0. The third kappa shape index (κ3) is 3.11. The van der Waals surface area contributed by atoms with Crippen molar-refractivity contribution in [2.45, 2.75) is 32.1 Å². The first kappa shape index (κ1) is 16.5. The van der Waals surface area contributed by atoms with Crippen LogP contribution in [0.3, 0.4) is 0 Å². The Hall–Kier alpha value is -2.69. The number of amides is 1. The smallest absolute Gasteiger partial charge is 0.225 e. The van der Waals surface area contributed by atoms with Crippen molar-refractivity contribution in [3.63, 3.8) is 0 Å². The second-order valence-corrected chi connectivity index (χ2v) is 8.13. The van der Waals surface area contributed by atoms with Gasteiger partial charge in [0.25, 0.3) is 0 Å². The molecule has 0 saturated heterocycles. The zero-order chi connectivity index (χ0) is 18.4. The molecular weight excluding hydrogens is 336 g/mol. The molecule has 5 nitrogen and oxygen atoms in total. The molecule has 0 spiro atoms. The lowest BCUT2D eigenvalue weighted by molar-refractivity contribution is -0.117. The third-order valence-electron chi connectivity index (χ3n) is 6.48. The number of anilines is 1. The maximum atomic E-state index is 12.6. The zero-order valence-electron chi connectivity index (χ0n) is 15.6. The summed E-state index contributed by atoms with van der Waals surface area (Å²) in [7, 11) is 1.92. The van der Waals surface area contributed by atoms with Crippen LogP contribution < -0.4 is 5.32 Å². The molecule has 1 N–H and O–H groups in total. The molecule has 1 aromatic carbocycles. The van der Waals surface area contributed by atoms with E-state index in [1.165, 1.54) is 25.7 Å². The first-order valence-electron chi connectivity index (χ1n) is 9.84. The Morgan fingerprint density at radius 2 is 1.85 bits per heavy atom. The maximum Gasteiger partial charge on any atom is 0.225 e. The summed E-state index contributed by atoms with van der Waals surface area (Å²) >= 11 is 0. The predicted molar refractivity (Wildman–Crippen MR) is 106 cm³/mol. The number of pyridine rings is 1. The molecule has 2 heterocycles. The van der Waals surface area contributed by atoms with Gasteiger partial charge < -0.3 is 5.32 Å². The Morgan fingerprint density at radius 1 is 1.07 bits per heavy atom. The molecule has 2 fully saturated rings. The number of carbonyl (C=O) groups excluding carboxylic acids is 1. The summed E-state index contributed by atoms with van der Waals surface area (Å²) in [6.07, 6.45) is 11.6. The van der Waals surface area contributed by atoms with Gasteiger partial charge in [0.05, 0.1) is 6.20 Å². The standard InChI is InChI=1S/C22H24N4O/c1-26-13-19(12-24-26)16-6-7-17-11-23-21(9-18(17)8-16)25-22(27)10-20-14-2-3-15(20)5-4-14/h6-9,11-15,20H,2-5,10H2,1H3,(H,23,25,27). The van der Waals surface area contributed by atoms with Crippen molar-refractivity contribution in [3.8, 4) is 11.1 Å². The fourth-order valence-electron chi connectivity index (χ4n) is 5.09. The number of hydrogen-bond donors (Lipinski definition) is 1. The number of carbonyl (C=O) groups is 1. The van der Waals surface area contributed by atoms with E-state index in [0.29, 0.717) is 18.2 Å². The second-order valence-electron chi connectivity index (χ2n) is 8.13. The van der Waals surface area contributed by atoms with Gasteiger partial charge in [-0.05, 0) is 66.5 Å². The molecule has 0 radical (unpaired) electrons. The number of benzene rings is 1. The van der Waals surface area contributed by atoms with Gasteiger partial charge in [-0.1, -0.05) is 12.1 Å². The van der Waals surface area contributed by atoms with Gasteiger partial charge in [0.1, 0.15) is 5.82 Å². The first-order chi connectivity index (χ1) is 13.2. The van der Waals surface area contributed by atoms with Crippen LogP contribution in [0.15, 0.2) is 42.9 Å². The van der Waals surface area contributed by atoms with Crippen molar-refractivity contribution in [2.24, 2.45) is 24.8 Å². The van der Waals surface area contributed by atoms with Crippen molar-refractivity contribution in [1.82, 2.24) is 14.8 Å². The van der Waals surface area contributed by atoms with E-state index in [9.17, 15) is 4.79 Å². The molecule has 0 unspecified atom stereocenters. The summed E-state index contributed by atoms with van der Waals surface area (Å²) in [5.41, 5.74) is 2.19. The lowest BCUT2D eigenvalue weighted by atomic mass is 9.94. The number of aromatic nitrogens is 3. The van der Waals surface area contributed by atoms with Crippen LogP contribution in [0.2, 0.25) is 0 Å². The van der Waals surface area contributed by atoms with Crippen LogP contribution in [0.4, 0.5) is 5.82 Å². The van der Waals surface area contributed by atoms with Gasteiger partial charge in [-0.3, -0.25) is 9.48 Å². The van der Waals surface area contributed by atoms with Crippen LogP contribution in [0.25, 0.3) is 21.9 Å². The van der Waals surface area contributed by atoms with Crippen molar-refractivity contribution >= 4 is 22.5 Å². The highest BCUT2D eigenvalue weighted by Gasteiger charge is 2.42. The normalized spacial score (nSPS) is 23.8. The number of hydrogen-bond acceptors (Lipinski definition) is 3. The number of aryl methyl sites for hydroxylation is 1. The minimum absolute atomic E-state index is 0.106. The molecule has 1 amide bonds. The van der Waals surface area contributed by atoms with E-state index < -0.39 is 0 Å². The highest BCUT2D eigenvalue weighted by molar-refractivity contribution is 5.94. The van der Waals surface area contributed by atoms with E-state index in [1.807, 2.05) is 31.7 Å². The van der Waals surface area contributed by atoms with E-state index in [4.69, 9.17) is 0 Å². The molecule has 0 aliphatic heterocycles. The first-order valence-corrected chi connectivity index (χ1v) is 9.84. The van der Waals surface area contributed by atoms with E-state index in [-0.39, 0.29) is 5.91 Å². The average Bonchev–Trinajstić information content (AvgIpc) is 3.37. The van der Waals surface area contributed by atoms with Crippen molar-refractivity contribution in [3.05, 3.63) is 42.9 Å². The van der Waals surface area contributed by atoms with Crippen LogP contribution in [0.5, 0.6) is 0 Å². The summed E-state index contributed by atoms with van der Waals surface area (Å²) in [5, 5.41) is 9.41. The summed E-state index contributed by atoms with van der Waals surface area (Å²) in [6, 6.07) is 8.23. The zero-order valence-corrected chi connectivity index (χ0v) is 15.6. The van der Waals surface area contributed by atoms with Gasteiger partial charge in [-0.25, -0.2) is 4.98 Å². The molecule has 2 aliphatic rings. The van der Waals surface area contributed by atoms with Crippen LogP contribution in [0, 0.1) is 17.8 Å². The molecule has 2 aliphatic carbocycles. The number of rotatable bonds is 4. The fraction of sp³-hybridized carbons (Fsp3) is 0.409. The average molecular weight is 360 g/mol. The highest BCUT2D eigenvalue weighted by atomic mass is 16.1. The van der Waals surface area contributed by atoms with Crippen molar-refractivity contribution in [2.75, 3.05) is 5.32 Å². The molecule has 0 atom stereocenters. The van der Waals surface area contributed by atoms with Gasteiger partial charge in [0, 0.05) is 36.8 Å². The monoisotopic (exact) mass is 360 g/mol. The van der Waals surface area contributed by atoms with E-state index >= 15 is 0 Å². The second kappa shape index (κ2) is 6.48. The summed E-state index contributed by atoms with van der Waals surface area (Å²) < 4.78 is 1.80. The van der Waals surface area contributed by atoms with Crippen LogP contribution >= 0.6 is 0 Å². The Morgan fingerprint density at radius 3 is 2.56 bits per heavy atom. The molecule has 2 bridgehead atoms. The third-order valence-corrected chi connectivity index (χ3v) is 6.48. The lowest BCUT2D eigenvalue weighted by Crippen LogP contribution is -2.19. The molecule has 5 heteroatoms. The molecule has 2 aromatic heterocycles. The van der Waals surface area contributed by atoms with Crippen LogP contribution in [-0.2, 0) is 11.8 Å². The van der Waals surface area contributed by atoms with E-state index in [0.717, 1.165) is 33.7 Å². The minimum Gasteiger partial charge on any atom is -0.311 e. The minimum atomic E-state index is 0.106. The Bertz CT molecular complexity index is 988. The largest absolute Gasteiger partial charge is 0.311 e. The molecule has 27 heavy (non-hydrogen) atoms. The molecule has 138 valence electrons. The van der Waals surface area contributed by atoms with Crippen molar-refractivity contribution < 1.29 is 4.79 Å². The fourth-order valence-corrected chi connectivity index (χ4v) is 5.09. The molecule has 3 aromatic rings. The van der Waals surface area contributed by atoms with E-state index in [1.54, 1.807) is 4.68 Å². The van der Waals surface area contributed by atoms with Gasteiger partial charge in [-0.15, -0.1) is 0 Å². The Kier molecular flexibility index (Phi) is 3.96. The van der Waals surface area contributed by atoms with Gasteiger partial charge >= 0.3 is 0 Å². The maximum absolute atomic E-state index is 12.6. The van der Waals surface area contributed by atoms with Crippen LogP contribution in [0.1, 0.15) is 32.1 Å². The lowest BCUT2D eigenvalue weighted by Gasteiger charge is -2.15. The topological polar surface area (TPSA) is 59.8 Å². The number of nitrogens with zero attached hydrogens (tertiary/aromatic N) is 3. The highest BCUT2D eigenvalue weighted by Crippen LogP contribution is 2.50. The summed E-state index contributed by atoms with van der Waals surface area (Å²) in [4.78, 5) is 17.0. The number of nitrogens with one attached hydrogen (secondary N) is 1. The van der Waals surface area contributed by atoms with Crippen LogP contribution in [-0.4, -0.2) is 20.7 Å². The Balaban J connectivity index is 1.35. The van der Waals surface area contributed by atoms with E-state index in [2.05, 4.69) is 33.6 Å². The van der Waals surface area contributed by atoms with Crippen molar-refractivity contribution in [1.29, 1.82) is 0 Å². The quantitative estimate of drug-likeness (QED) is 0.750. The van der Waals surface area contributed by atoms with Gasteiger partial charge in [-0.2, -0.15) is 5.10 Å². The predicted octanol–water partition coefficient (Wildman–Crippen LogP) is 4.40. The van der Waals surface area contributed by atoms with Gasteiger partial charge in [0.2, 0.25) is 5.91 Å². The van der Waals surface area contributed by atoms with Gasteiger partial charge in [0.15, 0.2) is 0 Å².